The van der Waals surface area contributed by atoms with Gasteiger partial charge in [-0.15, -0.1) is 11.3 Å². The Labute approximate surface area is 211 Å². The third-order valence-electron chi connectivity index (χ3n) is 6.87. The van der Waals surface area contributed by atoms with Gasteiger partial charge in [0.2, 0.25) is 0 Å². The molecule has 0 spiro atoms. The van der Waals surface area contributed by atoms with Crippen molar-refractivity contribution in [3.63, 3.8) is 0 Å². The Bertz CT molecular complexity index is 1570. The molecule has 2 amide bonds. The highest BCUT2D eigenvalue weighted by molar-refractivity contribution is 7.17. The van der Waals surface area contributed by atoms with E-state index in [0.717, 1.165) is 49.0 Å². The summed E-state index contributed by atoms with van der Waals surface area (Å²) in [6, 6.07) is 12.5. The lowest BCUT2D eigenvalue weighted by Crippen LogP contribution is -2.29. The summed E-state index contributed by atoms with van der Waals surface area (Å²) in [6.45, 7) is 0.558. The van der Waals surface area contributed by atoms with E-state index >= 15 is 0 Å². The average molecular weight is 501 g/mol. The average Bonchev–Trinajstić information content (AvgIpc) is 3.50. The number of methoxy groups -OCH3 is 1. The SMILES string of the molecule is COc1ccc(C(=O)N2CCc3ccc(NC(=O)c4cnc5sc6c(n5c4=O)CCCC6)cc32)cc1. The number of amides is 2. The number of anilines is 2. The van der Waals surface area contributed by atoms with E-state index in [1.807, 2.05) is 6.07 Å². The maximum atomic E-state index is 13.2. The minimum atomic E-state index is -0.511. The van der Waals surface area contributed by atoms with E-state index in [1.54, 1.807) is 52.8 Å². The molecular weight excluding hydrogens is 476 g/mol. The van der Waals surface area contributed by atoms with E-state index in [9.17, 15) is 14.4 Å². The van der Waals surface area contributed by atoms with Crippen LogP contribution in [0.3, 0.4) is 0 Å². The van der Waals surface area contributed by atoms with Gasteiger partial charge in [0.05, 0.1) is 7.11 Å². The van der Waals surface area contributed by atoms with Gasteiger partial charge >= 0.3 is 0 Å². The Morgan fingerprint density at radius 1 is 1.06 bits per heavy atom. The zero-order valence-electron chi connectivity index (χ0n) is 19.7. The molecule has 36 heavy (non-hydrogen) atoms. The van der Waals surface area contributed by atoms with Crippen LogP contribution in [0, 0.1) is 0 Å². The number of thiazole rings is 1. The lowest BCUT2D eigenvalue weighted by atomic mass is 10.0. The van der Waals surface area contributed by atoms with Crippen LogP contribution >= 0.6 is 11.3 Å². The van der Waals surface area contributed by atoms with Crippen LogP contribution in [0.4, 0.5) is 11.4 Å². The summed E-state index contributed by atoms with van der Waals surface area (Å²) >= 11 is 1.53. The van der Waals surface area contributed by atoms with Crippen molar-refractivity contribution < 1.29 is 14.3 Å². The number of nitrogens with zero attached hydrogens (tertiary/aromatic N) is 3. The maximum Gasteiger partial charge on any atom is 0.271 e. The third kappa shape index (κ3) is 3.76. The monoisotopic (exact) mass is 500 g/mol. The smallest absolute Gasteiger partial charge is 0.271 e. The molecular formula is C27H24N4O4S. The van der Waals surface area contributed by atoms with Crippen LogP contribution < -0.4 is 20.5 Å². The second kappa shape index (κ2) is 8.91. The van der Waals surface area contributed by atoms with Crippen molar-refractivity contribution >= 4 is 39.5 Å². The van der Waals surface area contributed by atoms with Crippen LogP contribution in [0.5, 0.6) is 5.75 Å². The van der Waals surface area contributed by atoms with Crippen molar-refractivity contribution in [3.05, 3.63) is 86.3 Å². The van der Waals surface area contributed by atoms with Gasteiger partial charge in [0.15, 0.2) is 4.96 Å². The molecule has 1 aliphatic heterocycles. The largest absolute Gasteiger partial charge is 0.497 e. The zero-order chi connectivity index (χ0) is 24.8. The van der Waals surface area contributed by atoms with Crippen molar-refractivity contribution in [2.24, 2.45) is 0 Å². The van der Waals surface area contributed by atoms with Gasteiger partial charge in [-0.25, -0.2) is 4.98 Å². The molecule has 0 atom stereocenters. The number of nitrogens with one attached hydrogen (secondary N) is 1. The van der Waals surface area contributed by atoms with Crippen molar-refractivity contribution in [1.82, 2.24) is 9.38 Å². The number of aryl methyl sites for hydroxylation is 2. The number of carbonyl (C=O) groups is 2. The molecule has 1 N–H and O–H groups in total. The summed E-state index contributed by atoms with van der Waals surface area (Å²) in [5.74, 6) is 0.0589. The first-order chi connectivity index (χ1) is 17.5. The second-order valence-electron chi connectivity index (χ2n) is 9.01. The Kier molecular flexibility index (Phi) is 5.56. The highest BCUT2D eigenvalue weighted by Gasteiger charge is 2.27. The van der Waals surface area contributed by atoms with E-state index in [-0.39, 0.29) is 17.0 Å². The van der Waals surface area contributed by atoms with Crippen LogP contribution in [-0.4, -0.2) is 34.9 Å². The zero-order valence-corrected chi connectivity index (χ0v) is 20.6. The number of aromatic nitrogens is 2. The number of hydrogen-bond donors (Lipinski definition) is 1. The van der Waals surface area contributed by atoms with E-state index in [4.69, 9.17) is 4.74 Å². The van der Waals surface area contributed by atoms with E-state index in [2.05, 4.69) is 10.3 Å². The van der Waals surface area contributed by atoms with Gasteiger partial charge in [-0.05, 0) is 74.1 Å². The van der Waals surface area contributed by atoms with E-state index in [1.165, 1.54) is 22.4 Å². The fourth-order valence-corrected chi connectivity index (χ4v) is 6.15. The highest BCUT2D eigenvalue weighted by Crippen LogP contribution is 2.33. The molecule has 2 aliphatic rings. The summed E-state index contributed by atoms with van der Waals surface area (Å²) < 4.78 is 6.78. The molecule has 0 fully saturated rings. The molecule has 0 bridgehead atoms. The van der Waals surface area contributed by atoms with E-state index in [0.29, 0.717) is 28.5 Å². The summed E-state index contributed by atoms with van der Waals surface area (Å²) in [4.78, 5) is 47.5. The minimum absolute atomic E-state index is 0.00494. The lowest BCUT2D eigenvalue weighted by Gasteiger charge is -2.18. The van der Waals surface area contributed by atoms with Gasteiger partial charge in [0.1, 0.15) is 11.3 Å². The molecule has 4 aromatic rings. The third-order valence-corrected chi connectivity index (χ3v) is 8.02. The van der Waals surface area contributed by atoms with Crippen molar-refractivity contribution in [2.45, 2.75) is 32.1 Å². The predicted octanol–water partition coefficient (Wildman–Crippen LogP) is 4.10. The minimum Gasteiger partial charge on any atom is -0.497 e. The quantitative estimate of drug-likeness (QED) is 0.456. The van der Waals surface area contributed by atoms with Crippen LogP contribution in [-0.2, 0) is 19.3 Å². The Morgan fingerprint density at radius 3 is 2.67 bits per heavy atom. The van der Waals surface area contributed by atoms with Crippen molar-refractivity contribution in [3.8, 4) is 5.75 Å². The fourth-order valence-electron chi connectivity index (χ4n) is 4.98. The normalized spacial score (nSPS) is 14.4. The molecule has 3 heterocycles. The summed E-state index contributed by atoms with van der Waals surface area (Å²) in [5, 5.41) is 2.84. The Hall–Kier alpha value is -3.98. The summed E-state index contributed by atoms with van der Waals surface area (Å²) in [5.41, 5.74) is 3.52. The first-order valence-electron chi connectivity index (χ1n) is 12.0. The number of rotatable bonds is 4. The Morgan fingerprint density at radius 2 is 1.86 bits per heavy atom. The molecule has 2 aromatic heterocycles. The van der Waals surface area contributed by atoms with E-state index < -0.39 is 5.91 Å². The molecule has 8 nitrogen and oxygen atoms in total. The van der Waals surface area contributed by atoms with Crippen LogP contribution in [0.2, 0.25) is 0 Å². The van der Waals surface area contributed by atoms with Gasteiger partial charge < -0.3 is 15.0 Å². The van der Waals surface area contributed by atoms with Gasteiger partial charge in [-0.3, -0.25) is 18.8 Å². The van der Waals surface area contributed by atoms with Crippen molar-refractivity contribution in [2.75, 3.05) is 23.9 Å². The standard InChI is InChI=1S/C27H24N4O4S/c1-35-19-10-7-17(8-11-19)25(33)30-13-12-16-6-9-18(14-22(16)30)29-24(32)20-15-28-27-31(26(20)34)21-4-2-3-5-23(21)36-27/h6-11,14-15H,2-5,12-13H2,1H3,(H,29,32). The Balaban J connectivity index is 1.27. The molecule has 2 aromatic carbocycles. The summed E-state index contributed by atoms with van der Waals surface area (Å²) in [6.07, 6.45) is 6.01. The number of ether oxygens (including phenoxy) is 1. The maximum absolute atomic E-state index is 13.2. The number of hydrogen-bond acceptors (Lipinski definition) is 6. The first-order valence-corrected chi connectivity index (χ1v) is 12.8. The fraction of sp³-hybridized carbons (Fsp3) is 0.259. The first kappa shape index (κ1) is 22.5. The molecule has 0 radical (unpaired) electrons. The predicted molar refractivity (Wildman–Crippen MR) is 139 cm³/mol. The molecule has 9 heteroatoms. The molecule has 0 saturated carbocycles. The molecule has 182 valence electrons. The number of carbonyl (C=O) groups excluding carboxylic acids is 2. The van der Waals surface area contributed by atoms with Crippen LogP contribution in [0.1, 0.15) is 49.7 Å². The van der Waals surface area contributed by atoms with Gasteiger partial charge in [0.25, 0.3) is 17.4 Å². The summed E-state index contributed by atoms with van der Waals surface area (Å²) in [7, 11) is 1.58. The number of benzene rings is 2. The lowest BCUT2D eigenvalue weighted by molar-refractivity contribution is 0.0988. The second-order valence-corrected chi connectivity index (χ2v) is 10.1. The molecule has 1 aliphatic carbocycles. The van der Waals surface area contributed by atoms with Gasteiger partial charge in [-0.2, -0.15) is 0 Å². The molecule has 6 rings (SSSR count). The van der Waals surface area contributed by atoms with Gasteiger partial charge in [0, 0.05) is 40.3 Å². The van der Waals surface area contributed by atoms with Crippen molar-refractivity contribution in [1.29, 1.82) is 0 Å². The topological polar surface area (TPSA) is 93.0 Å². The van der Waals surface area contributed by atoms with Crippen LogP contribution in [0.25, 0.3) is 4.96 Å². The van der Waals surface area contributed by atoms with Gasteiger partial charge in [-0.1, -0.05) is 6.07 Å². The highest BCUT2D eigenvalue weighted by atomic mass is 32.1. The molecule has 0 saturated heterocycles. The molecule has 0 unspecified atom stereocenters. The van der Waals surface area contributed by atoms with Crippen LogP contribution in [0.15, 0.2) is 53.5 Å². The number of fused-ring (bicyclic) bond motifs is 4.